The van der Waals surface area contributed by atoms with Crippen molar-refractivity contribution < 1.29 is 9.21 Å². The number of anilines is 1. The van der Waals surface area contributed by atoms with Crippen molar-refractivity contribution >= 4 is 22.6 Å². The van der Waals surface area contributed by atoms with E-state index >= 15 is 0 Å². The van der Waals surface area contributed by atoms with Crippen molar-refractivity contribution in [3.05, 3.63) is 40.8 Å². The summed E-state index contributed by atoms with van der Waals surface area (Å²) in [6.45, 7) is 0. The van der Waals surface area contributed by atoms with Gasteiger partial charge in [-0.05, 0) is 31.0 Å². The maximum absolute atomic E-state index is 11.6. The van der Waals surface area contributed by atoms with E-state index in [1.807, 2.05) is 0 Å². The summed E-state index contributed by atoms with van der Waals surface area (Å²) in [5.74, 6) is 0.183. The zero-order chi connectivity index (χ0) is 11.8. The monoisotopic (exact) mass is 229 g/mol. The Labute approximate surface area is 97.2 Å². The molecule has 0 radical (unpaired) electrons. The highest BCUT2D eigenvalue weighted by Gasteiger charge is 2.29. The van der Waals surface area contributed by atoms with Gasteiger partial charge in [-0.2, -0.15) is 0 Å². The van der Waals surface area contributed by atoms with Gasteiger partial charge < -0.3 is 9.73 Å². The number of fused-ring (bicyclic) bond motifs is 1. The molecule has 2 aromatic rings. The van der Waals surface area contributed by atoms with Crippen LogP contribution in [0.3, 0.4) is 0 Å². The molecule has 1 aromatic heterocycles. The molecule has 4 nitrogen and oxygen atoms in total. The molecule has 1 aliphatic carbocycles. The van der Waals surface area contributed by atoms with Gasteiger partial charge in [-0.25, -0.2) is 0 Å². The summed E-state index contributed by atoms with van der Waals surface area (Å²) in [4.78, 5) is 23.2. The van der Waals surface area contributed by atoms with E-state index in [0.29, 0.717) is 16.7 Å². The van der Waals surface area contributed by atoms with Gasteiger partial charge in [-0.1, -0.05) is 0 Å². The maximum atomic E-state index is 11.6. The zero-order valence-corrected chi connectivity index (χ0v) is 9.10. The van der Waals surface area contributed by atoms with Crippen molar-refractivity contribution in [1.82, 2.24) is 0 Å². The van der Waals surface area contributed by atoms with Crippen LogP contribution in [0.15, 0.2) is 39.7 Å². The molecule has 0 atom stereocenters. The number of hydrogen-bond donors (Lipinski definition) is 1. The van der Waals surface area contributed by atoms with Gasteiger partial charge in [-0.15, -0.1) is 0 Å². The average Bonchev–Trinajstić information content (AvgIpc) is 3.14. The molecule has 4 heteroatoms. The zero-order valence-electron chi connectivity index (χ0n) is 9.10. The molecule has 0 saturated heterocycles. The lowest BCUT2D eigenvalue weighted by Crippen LogP contribution is -2.13. The lowest BCUT2D eigenvalue weighted by molar-refractivity contribution is -0.117. The first-order valence-electron chi connectivity index (χ1n) is 5.56. The SMILES string of the molecule is O=C(Nc1ccc2occc(=O)c2c1)C1CC1. The van der Waals surface area contributed by atoms with E-state index in [-0.39, 0.29) is 17.3 Å². The van der Waals surface area contributed by atoms with E-state index in [9.17, 15) is 9.59 Å². The number of carbonyl (C=O) groups is 1. The van der Waals surface area contributed by atoms with Gasteiger partial charge in [0.2, 0.25) is 5.91 Å². The first-order chi connectivity index (χ1) is 8.24. The number of amides is 1. The van der Waals surface area contributed by atoms with Crippen molar-refractivity contribution in [3.63, 3.8) is 0 Å². The molecule has 1 amide bonds. The molecule has 86 valence electrons. The van der Waals surface area contributed by atoms with Crippen LogP contribution in [0, 0.1) is 5.92 Å². The van der Waals surface area contributed by atoms with Crippen LogP contribution < -0.4 is 10.7 Å². The second-order valence-corrected chi connectivity index (χ2v) is 4.26. The number of carbonyl (C=O) groups excluding carboxylic acids is 1. The van der Waals surface area contributed by atoms with E-state index in [1.165, 1.54) is 12.3 Å². The summed E-state index contributed by atoms with van der Waals surface area (Å²) in [5, 5.41) is 3.29. The lowest BCUT2D eigenvalue weighted by atomic mass is 10.2. The third-order valence-electron chi connectivity index (χ3n) is 2.88. The van der Waals surface area contributed by atoms with Crippen molar-refractivity contribution in [2.45, 2.75) is 12.8 Å². The molecular formula is C13H11NO3. The Hall–Kier alpha value is -2.10. The number of nitrogens with one attached hydrogen (secondary N) is 1. The first kappa shape index (κ1) is 10.1. The Balaban J connectivity index is 1.98. The fourth-order valence-corrected chi connectivity index (χ4v) is 1.75. The van der Waals surface area contributed by atoms with Crippen LogP contribution in [0.5, 0.6) is 0 Å². The number of hydrogen-bond acceptors (Lipinski definition) is 3. The van der Waals surface area contributed by atoms with Crippen LogP contribution in [0.1, 0.15) is 12.8 Å². The topological polar surface area (TPSA) is 59.3 Å². The fraction of sp³-hybridized carbons (Fsp3) is 0.231. The minimum atomic E-state index is -0.103. The Kier molecular flexibility index (Phi) is 2.21. The van der Waals surface area contributed by atoms with Gasteiger partial charge in [0.25, 0.3) is 0 Å². The fourth-order valence-electron chi connectivity index (χ4n) is 1.75. The van der Waals surface area contributed by atoms with Crippen molar-refractivity contribution in [3.8, 4) is 0 Å². The average molecular weight is 229 g/mol. The van der Waals surface area contributed by atoms with Crippen LogP contribution in [0.2, 0.25) is 0 Å². The Morgan fingerprint density at radius 3 is 2.88 bits per heavy atom. The minimum absolute atomic E-state index is 0.0321. The summed E-state index contributed by atoms with van der Waals surface area (Å²) in [6, 6.07) is 6.46. The quantitative estimate of drug-likeness (QED) is 0.858. The predicted octanol–water partition coefficient (Wildman–Crippen LogP) is 2.14. The Morgan fingerprint density at radius 2 is 2.12 bits per heavy atom. The van der Waals surface area contributed by atoms with E-state index in [4.69, 9.17) is 4.42 Å². The van der Waals surface area contributed by atoms with Crippen molar-refractivity contribution in [2.75, 3.05) is 5.32 Å². The second-order valence-electron chi connectivity index (χ2n) is 4.26. The van der Waals surface area contributed by atoms with E-state index in [1.54, 1.807) is 18.2 Å². The van der Waals surface area contributed by atoms with E-state index in [0.717, 1.165) is 12.8 Å². The molecule has 1 fully saturated rings. The summed E-state index contributed by atoms with van der Waals surface area (Å²) >= 11 is 0. The predicted molar refractivity (Wildman–Crippen MR) is 63.8 cm³/mol. The molecule has 17 heavy (non-hydrogen) atoms. The Morgan fingerprint density at radius 1 is 1.29 bits per heavy atom. The molecule has 0 unspecified atom stereocenters. The summed E-state index contributed by atoms with van der Waals surface area (Å²) < 4.78 is 5.20. The molecule has 0 aliphatic heterocycles. The second kappa shape index (κ2) is 3.73. The summed E-state index contributed by atoms with van der Waals surface area (Å²) in [7, 11) is 0. The van der Waals surface area contributed by atoms with Gasteiger partial charge in [0.1, 0.15) is 5.58 Å². The van der Waals surface area contributed by atoms with Crippen LogP contribution in [0.4, 0.5) is 5.69 Å². The standard InChI is InChI=1S/C13H11NO3/c15-11-5-6-17-12-4-3-9(7-10(11)12)14-13(16)8-1-2-8/h3-8H,1-2H2,(H,14,16). The molecule has 0 bridgehead atoms. The van der Waals surface area contributed by atoms with Crippen molar-refractivity contribution in [1.29, 1.82) is 0 Å². The summed E-state index contributed by atoms with van der Waals surface area (Å²) in [6.07, 6.45) is 3.29. The minimum Gasteiger partial charge on any atom is -0.464 e. The molecular weight excluding hydrogens is 218 g/mol. The van der Waals surface area contributed by atoms with Gasteiger partial charge in [-0.3, -0.25) is 9.59 Å². The molecule has 1 N–H and O–H groups in total. The maximum Gasteiger partial charge on any atom is 0.227 e. The lowest BCUT2D eigenvalue weighted by Gasteiger charge is -2.04. The van der Waals surface area contributed by atoms with Crippen LogP contribution >= 0.6 is 0 Å². The van der Waals surface area contributed by atoms with Crippen LogP contribution in [-0.4, -0.2) is 5.91 Å². The van der Waals surface area contributed by atoms with Crippen LogP contribution in [0.25, 0.3) is 11.0 Å². The first-order valence-corrected chi connectivity index (χ1v) is 5.56. The van der Waals surface area contributed by atoms with Gasteiger partial charge >= 0.3 is 0 Å². The smallest absolute Gasteiger partial charge is 0.227 e. The number of benzene rings is 1. The molecule has 1 aromatic carbocycles. The highest BCUT2D eigenvalue weighted by Crippen LogP contribution is 2.30. The van der Waals surface area contributed by atoms with Gasteiger partial charge in [0.05, 0.1) is 11.6 Å². The molecule has 3 rings (SSSR count). The van der Waals surface area contributed by atoms with E-state index in [2.05, 4.69) is 5.32 Å². The Bertz CT molecular complexity index is 640. The normalized spacial score (nSPS) is 14.8. The summed E-state index contributed by atoms with van der Waals surface area (Å²) in [5.41, 5.74) is 1.07. The molecule has 1 heterocycles. The largest absolute Gasteiger partial charge is 0.464 e. The van der Waals surface area contributed by atoms with Gasteiger partial charge in [0.15, 0.2) is 5.43 Å². The molecule has 1 aliphatic rings. The highest BCUT2D eigenvalue weighted by molar-refractivity contribution is 5.95. The van der Waals surface area contributed by atoms with E-state index < -0.39 is 0 Å². The highest BCUT2D eigenvalue weighted by atomic mass is 16.3. The third-order valence-corrected chi connectivity index (χ3v) is 2.88. The molecule has 0 spiro atoms. The van der Waals surface area contributed by atoms with Crippen LogP contribution in [-0.2, 0) is 4.79 Å². The van der Waals surface area contributed by atoms with Crippen molar-refractivity contribution in [2.24, 2.45) is 5.92 Å². The van der Waals surface area contributed by atoms with Gasteiger partial charge in [0, 0.05) is 17.7 Å². The third kappa shape index (κ3) is 1.93. The number of rotatable bonds is 2. The molecule has 1 saturated carbocycles.